The summed E-state index contributed by atoms with van der Waals surface area (Å²) in [6, 6.07) is 2.12. The van der Waals surface area contributed by atoms with Crippen LogP contribution in [-0.4, -0.2) is 35.4 Å². The van der Waals surface area contributed by atoms with Crippen LogP contribution in [0.15, 0.2) is 22.7 Å². The lowest BCUT2D eigenvalue weighted by Crippen LogP contribution is -2.38. The molecule has 0 aliphatic heterocycles. The molecular formula is C19H33N5. The molecule has 0 amide bonds. The predicted octanol–water partition coefficient (Wildman–Crippen LogP) is 3.34. The molecule has 0 spiro atoms. The number of hydrogen-bond donors (Lipinski definition) is 2. The van der Waals surface area contributed by atoms with Crippen molar-refractivity contribution in [3.05, 3.63) is 29.1 Å². The van der Waals surface area contributed by atoms with E-state index in [-0.39, 0.29) is 0 Å². The average Bonchev–Trinajstić information content (AvgIpc) is 2.90. The second kappa shape index (κ2) is 10.2. The zero-order valence-corrected chi connectivity index (χ0v) is 15.6. The molecule has 2 rings (SSSR count). The molecule has 1 aromatic heterocycles. The number of rotatable bonds is 8. The van der Waals surface area contributed by atoms with Crippen LogP contribution in [0.3, 0.4) is 0 Å². The van der Waals surface area contributed by atoms with Gasteiger partial charge in [-0.25, -0.2) is 0 Å². The first-order valence-corrected chi connectivity index (χ1v) is 9.40. The van der Waals surface area contributed by atoms with Gasteiger partial charge in [-0.05, 0) is 65.4 Å². The zero-order valence-electron chi connectivity index (χ0n) is 15.6. The standard InChI is InChI=1S/C19H33N5/c1-4-20-19(22-13-11-18-9-6-5-7-10-18)21-12-8-14-24-17(3)15-16(2)23-24/h9,15H,4-8,10-14H2,1-3H3,(H2,20,21,22). The Balaban J connectivity index is 1.71. The van der Waals surface area contributed by atoms with E-state index in [2.05, 4.69) is 51.4 Å². The molecule has 0 unspecified atom stereocenters. The summed E-state index contributed by atoms with van der Waals surface area (Å²) in [7, 11) is 0. The van der Waals surface area contributed by atoms with E-state index in [0.717, 1.165) is 50.7 Å². The second-order valence-corrected chi connectivity index (χ2v) is 6.55. The third-order valence-electron chi connectivity index (χ3n) is 4.37. The molecule has 2 N–H and O–H groups in total. The summed E-state index contributed by atoms with van der Waals surface area (Å²) in [4.78, 5) is 4.68. The van der Waals surface area contributed by atoms with E-state index < -0.39 is 0 Å². The Morgan fingerprint density at radius 1 is 1.29 bits per heavy atom. The van der Waals surface area contributed by atoms with Crippen LogP contribution in [0.25, 0.3) is 0 Å². The van der Waals surface area contributed by atoms with E-state index in [1.54, 1.807) is 5.57 Å². The molecule has 24 heavy (non-hydrogen) atoms. The van der Waals surface area contributed by atoms with E-state index >= 15 is 0 Å². The summed E-state index contributed by atoms with van der Waals surface area (Å²) < 4.78 is 2.07. The fourth-order valence-electron chi connectivity index (χ4n) is 3.13. The number of nitrogens with zero attached hydrogens (tertiary/aromatic N) is 3. The van der Waals surface area contributed by atoms with E-state index in [9.17, 15) is 0 Å². The molecule has 0 saturated carbocycles. The maximum atomic E-state index is 4.68. The zero-order chi connectivity index (χ0) is 17.2. The topological polar surface area (TPSA) is 54.2 Å². The molecule has 0 atom stereocenters. The van der Waals surface area contributed by atoms with Crippen molar-refractivity contribution in [1.82, 2.24) is 20.4 Å². The van der Waals surface area contributed by atoms with Crippen LogP contribution in [0.4, 0.5) is 0 Å². The molecule has 5 nitrogen and oxygen atoms in total. The lowest BCUT2D eigenvalue weighted by atomic mass is 9.97. The molecule has 0 aromatic carbocycles. The van der Waals surface area contributed by atoms with Gasteiger partial charge in [-0.2, -0.15) is 5.10 Å². The van der Waals surface area contributed by atoms with Crippen LogP contribution in [0.1, 0.15) is 56.8 Å². The van der Waals surface area contributed by atoms with E-state index in [4.69, 9.17) is 0 Å². The van der Waals surface area contributed by atoms with Crippen LogP contribution in [0.2, 0.25) is 0 Å². The summed E-state index contributed by atoms with van der Waals surface area (Å²) in [6.07, 6.45) is 9.81. The molecule has 5 heteroatoms. The highest BCUT2D eigenvalue weighted by molar-refractivity contribution is 5.79. The summed E-state index contributed by atoms with van der Waals surface area (Å²) in [5, 5.41) is 11.3. The highest BCUT2D eigenvalue weighted by Crippen LogP contribution is 2.19. The Hall–Kier alpha value is -1.78. The number of aryl methyl sites for hydroxylation is 3. The molecule has 134 valence electrons. The molecule has 1 aliphatic rings. The highest BCUT2D eigenvalue weighted by Gasteiger charge is 2.04. The van der Waals surface area contributed by atoms with Gasteiger partial charge < -0.3 is 10.6 Å². The minimum Gasteiger partial charge on any atom is -0.357 e. The van der Waals surface area contributed by atoms with E-state index in [1.807, 2.05) is 6.92 Å². The van der Waals surface area contributed by atoms with E-state index in [1.165, 1.54) is 31.4 Å². The minimum atomic E-state index is 0.816. The van der Waals surface area contributed by atoms with Gasteiger partial charge in [-0.15, -0.1) is 0 Å². The monoisotopic (exact) mass is 331 g/mol. The van der Waals surface area contributed by atoms with Gasteiger partial charge in [0.05, 0.1) is 5.69 Å². The molecule has 0 saturated heterocycles. The second-order valence-electron chi connectivity index (χ2n) is 6.55. The lowest BCUT2D eigenvalue weighted by Gasteiger charge is -2.15. The number of aliphatic imine (C=N–C) groups is 1. The molecule has 1 heterocycles. The number of aromatic nitrogens is 2. The van der Waals surface area contributed by atoms with Crippen LogP contribution in [0, 0.1) is 13.8 Å². The number of hydrogen-bond acceptors (Lipinski definition) is 2. The van der Waals surface area contributed by atoms with Gasteiger partial charge in [-0.3, -0.25) is 9.67 Å². The van der Waals surface area contributed by atoms with Gasteiger partial charge in [0.25, 0.3) is 0 Å². The Bertz CT molecular complexity index is 556. The van der Waals surface area contributed by atoms with Gasteiger partial charge in [0.2, 0.25) is 0 Å². The van der Waals surface area contributed by atoms with Gasteiger partial charge in [-0.1, -0.05) is 11.6 Å². The molecule has 1 aliphatic carbocycles. The largest absolute Gasteiger partial charge is 0.357 e. The van der Waals surface area contributed by atoms with Crippen molar-refractivity contribution in [1.29, 1.82) is 0 Å². The van der Waals surface area contributed by atoms with Crippen molar-refractivity contribution >= 4 is 5.96 Å². The predicted molar refractivity (Wildman–Crippen MR) is 101 cm³/mol. The van der Waals surface area contributed by atoms with Crippen molar-refractivity contribution in [2.75, 3.05) is 19.6 Å². The Morgan fingerprint density at radius 3 is 2.83 bits per heavy atom. The van der Waals surface area contributed by atoms with Crippen LogP contribution >= 0.6 is 0 Å². The van der Waals surface area contributed by atoms with Crippen LogP contribution < -0.4 is 10.6 Å². The first-order chi connectivity index (χ1) is 11.7. The third kappa shape index (κ3) is 6.38. The maximum absolute atomic E-state index is 4.68. The Labute approximate surface area is 146 Å². The lowest BCUT2D eigenvalue weighted by molar-refractivity contribution is 0.567. The normalized spacial score (nSPS) is 15.3. The molecule has 1 aromatic rings. The summed E-state index contributed by atoms with van der Waals surface area (Å²) in [6.45, 7) is 9.86. The fourth-order valence-corrected chi connectivity index (χ4v) is 3.13. The highest BCUT2D eigenvalue weighted by atomic mass is 15.3. The molecular weight excluding hydrogens is 298 g/mol. The van der Waals surface area contributed by atoms with Crippen molar-refractivity contribution in [2.45, 2.75) is 65.8 Å². The van der Waals surface area contributed by atoms with Gasteiger partial charge in [0, 0.05) is 31.9 Å². The molecule has 0 fully saturated rings. The Morgan fingerprint density at radius 2 is 2.17 bits per heavy atom. The van der Waals surface area contributed by atoms with Crippen molar-refractivity contribution < 1.29 is 0 Å². The first-order valence-electron chi connectivity index (χ1n) is 9.40. The summed E-state index contributed by atoms with van der Waals surface area (Å²) in [5.41, 5.74) is 3.92. The maximum Gasteiger partial charge on any atom is 0.191 e. The van der Waals surface area contributed by atoms with Crippen molar-refractivity contribution in [3.63, 3.8) is 0 Å². The van der Waals surface area contributed by atoms with Gasteiger partial charge in [0.15, 0.2) is 5.96 Å². The fraction of sp³-hybridized carbons (Fsp3) is 0.684. The van der Waals surface area contributed by atoms with Crippen LogP contribution in [-0.2, 0) is 6.54 Å². The SMILES string of the molecule is CCNC(=NCCCn1nc(C)cc1C)NCCC1=CCCCC1. The minimum absolute atomic E-state index is 0.816. The average molecular weight is 332 g/mol. The quantitative estimate of drug-likeness (QED) is 0.332. The number of nitrogens with one attached hydrogen (secondary N) is 2. The summed E-state index contributed by atoms with van der Waals surface area (Å²) in [5.74, 6) is 0.933. The van der Waals surface area contributed by atoms with E-state index in [0.29, 0.717) is 0 Å². The number of allylic oxidation sites excluding steroid dienone is 1. The Kier molecular flexibility index (Phi) is 7.86. The molecule has 0 radical (unpaired) electrons. The number of guanidine groups is 1. The summed E-state index contributed by atoms with van der Waals surface area (Å²) >= 11 is 0. The third-order valence-corrected chi connectivity index (χ3v) is 4.37. The van der Waals surface area contributed by atoms with Crippen molar-refractivity contribution in [2.24, 2.45) is 4.99 Å². The van der Waals surface area contributed by atoms with Gasteiger partial charge in [0.1, 0.15) is 0 Å². The van der Waals surface area contributed by atoms with Crippen LogP contribution in [0.5, 0.6) is 0 Å². The van der Waals surface area contributed by atoms with Crippen molar-refractivity contribution in [3.8, 4) is 0 Å². The first kappa shape index (κ1) is 18.6. The smallest absolute Gasteiger partial charge is 0.191 e. The molecule has 0 bridgehead atoms. The van der Waals surface area contributed by atoms with Gasteiger partial charge >= 0.3 is 0 Å².